The van der Waals surface area contributed by atoms with Gasteiger partial charge in [0.1, 0.15) is 0 Å². The lowest BCUT2D eigenvalue weighted by molar-refractivity contribution is 0.728. The molecule has 0 saturated heterocycles. The Balaban J connectivity index is 0.857. The molecule has 88 heavy (non-hydrogen) atoms. The first-order valence-electron chi connectivity index (χ1n) is 30.2. The Hall–Kier alpha value is -11.5. The van der Waals surface area contributed by atoms with Gasteiger partial charge in [0.05, 0.1) is 44.3 Å². The van der Waals surface area contributed by atoms with Crippen LogP contribution in [0.15, 0.2) is 322 Å². The van der Waals surface area contributed by atoms with Crippen LogP contribution in [-0.2, 0) is 10.8 Å². The number of aromatic nitrogens is 5. The second-order valence-electron chi connectivity index (χ2n) is 23.4. The molecular weight excluding hydrogens is 1070 g/mol. The largest absolute Gasteiger partial charge is 0.309 e. The third kappa shape index (κ3) is 7.19. The van der Waals surface area contributed by atoms with E-state index in [0.29, 0.717) is 17.5 Å². The van der Waals surface area contributed by atoms with Crippen LogP contribution in [0.2, 0.25) is 0 Å². The summed E-state index contributed by atoms with van der Waals surface area (Å²) in [6.45, 7) is 0. The summed E-state index contributed by atoms with van der Waals surface area (Å²) in [5, 5.41) is 4.60. The lowest BCUT2D eigenvalue weighted by Gasteiger charge is -2.41. The minimum absolute atomic E-state index is 0.579. The number of hydrogen-bond acceptors (Lipinski definition) is 3. The lowest BCUT2D eigenvalue weighted by Crippen LogP contribution is -2.35. The highest BCUT2D eigenvalue weighted by molar-refractivity contribution is 6.14. The number of nitrogens with zero attached hydrogens (tertiary/aromatic N) is 5. The molecule has 16 aromatic rings. The molecule has 0 aliphatic carbocycles. The van der Waals surface area contributed by atoms with Gasteiger partial charge >= 0.3 is 0 Å². The summed E-state index contributed by atoms with van der Waals surface area (Å²) in [5.74, 6) is 1.79. The highest BCUT2D eigenvalue weighted by Crippen LogP contribution is 2.56. The number of rotatable bonds is 9. The first-order chi connectivity index (χ1) is 43.6. The average Bonchev–Trinajstić information content (AvgIpc) is 1.42. The second-order valence-corrected chi connectivity index (χ2v) is 23.4. The quantitative estimate of drug-likeness (QED) is 0.145. The van der Waals surface area contributed by atoms with Gasteiger partial charge in [0.25, 0.3) is 0 Å². The fourth-order valence-corrected chi connectivity index (χ4v) is 15.2. The van der Waals surface area contributed by atoms with Gasteiger partial charge in [0.15, 0.2) is 17.5 Å². The van der Waals surface area contributed by atoms with Gasteiger partial charge in [0, 0.05) is 38.2 Å². The molecule has 3 aromatic heterocycles. The van der Waals surface area contributed by atoms with Crippen LogP contribution in [0.3, 0.4) is 0 Å². The first kappa shape index (κ1) is 49.9. The topological polar surface area (TPSA) is 48.5 Å². The Kier molecular flexibility index (Phi) is 11.1. The average molecular weight is 1120 g/mol. The smallest absolute Gasteiger partial charge is 0.164 e. The van der Waals surface area contributed by atoms with Crippen molar-refractivity contribution in [2.45, 2.75) is 10.8 Å². The van der Waals surface area contributed by atoms with Crippen molar-refractivity contribution in [3.8, 4) is 67.8 Å². The normalized spacial score (nSPS) is 13.4. The zero-order valence-electron chi connectivity index (χ0n) is 47.8. The van der Waals surface area contributed by atoms with Crippen molar-refractivity contribution in [3.63, 3.8) is 0 Å². The van der Waals surface area contributed by atoms with Crippen LogP contribution >= 0.6 is 0 Å². The zero-order valence-corrected chi connectivity index (χ0v) is 47.8. The van der Waals surface area contributed by atoms with Crippen LogP contribution < -0.4 is 0 Å². The third-order valence-electron chi connectivity index (χ3n) is 18.9. The standard InChI is InChI=1S/C83H53N5/c1-6-24-54(25-7-1)55-26-20-27-56(50-55)57-28-21-29-58(51-57)79-84-80(59-46-48-73-67(52-59)65-38-22-42-71-77(65)87(73)75-44-18-16-40-69(75)82(71,61-30-8-2-9-31-61)62-32-10-3-11-33-62)86-81(85-79)60-47-49-74-68(53-60)66-39-23-43-72-78(66)88(74)76-45-19-17-41-70(76)83(72,63-34-12-4-13-35-63)64-36-14-5-15-37-64/h1-53H. The van der Waals surface area contributed by atoms with Crippen molar-refractivity contribution < 1.29 is 0 Å². The van der Waals surface area contributed by atoms with E-state index < -0.39 is 10.8 Å². The monoisotopic (exact) mass is 1120 g/mol. The molecule has 0 amide bonds. The first-order valence-corrected chi connectivity index (χ1v) is 30.2. The van der Waals surface area contributed by atoms with E-state index in [9.17, 15) is 0 Å². The molecule has 13 aromatic carbocycles. The SMILES string of the molecule is c1ccc(-c2cccc(-c3cccc(-c4nc(-c5ccc6c(c5)c5cccc7c5n6-c5ccccc5C7(c5ccccc5)c5ccccc5)nc(-c5ccc6c(c5)c5cccc7c5n6-c5ccccc5C7(c5ccccc5)c5ccccc5)n4)c3)c2)cc1. The molecule has 410 valence electrons. The van der Waals surface area contributed by atoms with Gasteiger partial charge in [-0.05, 0) is 127 Å². The minimum atomic E-state index is -0.579. The van der Waals surface area contributed by atoms with Gasteiger partial charge in [-0.1, -0.05) is 261 Å². The number of hydrogen-bond donors (Lipinski definition) is 0. The van der Waals surface area contributed by atoms with E-state index in [-0.39, 0.29) is 0 Å². The molecule has 0 fully saturated rings. The van der Waals surface area contributed by atoms with Crippen LogP contribution in [0.4, 0.5) is 0 Å². The highest BCUT2D eigenvalue weighted by Gasteiger charge is 2.47. The van der Waals surface area contributed by atoms with Crippen molar-refractivity contribution in [2.75, 3.05) is 0 Å². The van der Waals surface area contributed by atoms with Gasteiger partial charge in [-0.25, -0.2) is 15.0 Å². The Bertz CT molecular complexity index is 5080. The summed E-state index contributed by atoms with van der Waals surface area (Å²) < 4.78 is 4.98. The van der Waals surface area contributed by atoms with E-state index in [1.165, 1.54) is 71.9 Å². The predicted molar refractivity (Wildman–Crippen MR) is 359 cm³/mol. The van der Waals surface area contributed by atoms with E-state index in [2.05, 4.69) is 331 Å². The van der Waals surface area contributed by atoms with Crippen molar-refractivity contribution in [2.24, 2.45) is 0 Å². The molecular formula is C83H53N5. The van der Waals surface area contributed by atoms with Gasteiger partial charge in [-0.2, -0.15) is 0 Å². The van der Waals surface area contributed by atoms with Crippen LogP contribution in [0.5, 0.6) is 0 Å². The molecule has 18 rings (SSSR count). The van der Waals surface area contributed by atoms with Gasteiger partial charge in [-0.3, -0.25) is 0 Å². The molecule has 0 atom stereocenters. The molecule has 5 heteroatoms. The predicted octanol–water partition coefficient (Wildman–Crippen LogP) is 19.8. The Morgan fingerprint density at radius 2 is 0.523 bits per heavy atom. The Morgan fingerprint density at radius 1 is 0.216 bits per heavy atom. The molecule has 2 aliphatic heterocycles. The molecule has 0 N–H and O–H groups in total. The maximum atomic E-state index is 5.55. The van der Waals surface area contributed by atoms with Crippen molar-refractivity contribution in [1.82, 2.24) is 24.1 Å². The number of benzene rings is 13. The van der Waals surface area contributed by atoms with Crippen LogP contribution in [-0.4, -0.2) is 24.1 Å². The van der Waals surface area contributed by atoms with E-state index >= 15 is 0 Å². The summed E-state index contributed by atoms with van der Waals surface area (Å²) >= 11 is 0. The summed E-state index contributed by atoms with van der Waals surface area (Å²) in [5.41, 5.74) is 22.9. The minimum Gasteiger partial charge on any atom is -0.309 e. The zero-order chi connectivity index (χ0) is 57.9. The maximum absolute atomic E-state index is 5.55. The molecule has 0 unspecified atom stereocenters. The maximum Gasteiger partial charge on any atom is 0.164 e. The van der Waals surface area contributed by atoms with Crippen molar-refractivity contribution >= 4 is 43.6 Å². The van der Waals surface area contributed by atoms with Crippen molar-refractivity contribution in [1.29, 1.82) is 0 Å². The number of fused-ring (bicyclic) bond motifs is 10. The molecule has 0 spiro atoms. The Morgan fingerprint density at radius 3 is 0.943 bits per heavy atom. The van der Waals surface area contributed by atoms with Gasteiger partial charge in [-0.15, -0.1) is 0 Å². The fourth-order valence-electron chi connectivity index (χ4n) is 15.2. The van der Waals surface area contributed by atoms with Crippen LogP contribution in [0, 0.1) is 0 Å². The highest BCUT2D eigenvalue weighted by atomic mass is 15.0. The summed E-state index contributed by atoms with van der Waals surface area (Å²) in [6, 6.07) is 117. The molecule has 0 radical (unpaired) electrons. The van der Waals surface area contributed by atoms with E-state index in [1.54, 1.807) is 0 Å². The molecule has 0 saturated carbocycles. The Labute approximate surface area is 509 Å². The molecule has 5 nitrogen and oxygen atoms in total. The lowest BCUT2D eigenvalue weighted by atomic mass is 9.63. The molecule has 0 bridgehead atoms. The summed E-state index contributed by atoms with van der Waals surface area (Å²) in [4.78, 5) is 16.5. The molecule has 2 aliphatic rings. The van der Waals surface area contributed by atoms with E-state index in [4.69, 9.17) is 15.0 Å². The van der Waals surface area contributed by atoms with Crippen molar-refractivity contribution in [3.05, 3.63) is 366 Å². The number of para-hydroxylation sites is 4. The third-order valence-corrected chi connectivity index (χ3v) is 18.9. The van der Waals surface area contributed by atoms with Crippen LogP contribution in [0.25, 0.3) is 111 Å². The van der Waals surface area contributed by atoms with Gasteiger partial charge < -0.3 is 9.13 Å². The molecule has 5 heterocycles. The van der Waals surface area contributed by atoms with Crippen LogP contribution in [0.1, 0.15) is 44.5 Å². The van der Waals surface area contributed by atoms with E-state index in [1.807, 2.05) is 0 Å². The fraction of sp³-hybridized carbons (Fsp3) is 0.0241. The summed E-state index contributed by atoms with van der Waals surface area (Å²) in [7, 11) is 0. The van der Waals surface area contributed by atoms with Gasteiger partial charge in [0.2, 0.25) is 0 Å². The second kappa shape index (κ2) is 19.5. The van der Waals surface area contributed by atoms with E-state index in [0.717, 1.165) is 66.6 Å². The summed E-state index contributed by atoms with van der Waals surface area (Å²) in [6.07, 6.45) is 0.